The number of halogens is 2. The number of fused-ring (bicyclic) bond motifs is 1. The fourth-order valence-electron chi connectivity index (χ4n) is 5.86. The number of aliphatic carboxylic acids is 1. The molecule has 2 N–H and O–H groups in total. The number of ether oxygens (including phenoxy) is 1. The third-order valence-corrected chi connectivity index (χ3v) is 8.43. The van der Waals surface area contributed by atoms with Gasteiger partial charge in [0.2, 0.25) is 5.91 Å². The van der Waals surface area contributed by atoms with Gasteiger partial charge in [0.25, 0.3) is 5.91 Å². The van der Waals surface area contributed by atoms with Crippen LogP contribution in [-0.2, 0) is 27.8 Å². The highest BCUT2D eigenvalue weighted by molar-refractivity contribution is 6.34. The molecule has 2 amide bonds. The van der Waals surface area contributed by atoms with Crippen LogP contribution in [0.2, 0.25) is 5.02 Å². The van der Waals surface area contributed by atoms with Crippen LogP contribution in [0.1, 0.15) is 54.4 Å². The van der Waals surface area contributed by atoms with Crippen LogP contribution in [0.5, 0.6) is 0 Å². The summed E-state index contributed by atoms with van der Waals surface area (Å²) in [6.07, 6.45) is 5.82. The first kappa shape index (κ1) is 28.1. The summed E-state index contributed by atoms with van der Waals surface area (Å²) >= 11 is 6.43. The van der Waals surface area contributed by atoms with Crippen molar-refractivity contribution in [3.8, 4) is 0 Å². The molecule has 1 aliphatic carbocycles. The van der Waals surface area contributed by atoms with E-state index in [0.717, 1.165) is 29.8 Å². The maximum absolute atomic E-state index is 15.1. The SMILES string of the molecule is Cn1cc(C(=O)Nc2cc(F)c(CC(=O)N3CCCC3CO[C@H]3CC[C@H](C(=O)O)CC3)cc2Cl)c2ccccc21. The van der Waals surface area contributed by atoms with Crippen molar-refractivity contribution < 1.29 is 28.6 Å². The Morgan fingerprint density at radius 3 is 2.62 bits per heavy atom. The van der Waals surface area contributed by atoms with E-state index in [9.17, 15) is 19.5 Å². The van der Waals surface area contributed by atoms with Crippen LogP contribution < -0.4 is 5.32 Å². The molecule has 1 saturated carbocycles. The maximum Gasteiger partial charge on any atom is 0.306 e. The van der Waals surface area contributed by atoms with Crippen molar-refractivity contribution in [3.05, 3.63) is 64.6 Å². The van der Waals surface area contributed by atoms with Gasteiger partial charge >= 0.3 is 5.97 Å². The summed E-state index contributed by atoms with van der Waals surface area (Å²) in [7, 11) is 1.85. The lowest BCUT2D eigenvalue weighted by atomic mass is 9.87. The summed E-state index contributed by atoms with van der Waals surface area (Å²) in [6, 6.07) is 9.96. The third-order valence-electron chi connectivity index (χ3n) is 8.11. The van der Waals surface area contributed by atoms with Crippen molar-refractivity contribution in [1.82, 2.24) is 9.47 Å². The van der Waals surface area contributed by atoms with Gasteiger partial charge in [-0.15, -0.1) is 0 Å². The molecule has 2 aromatic carbocycles. The van der Waals surface area contributed by atoms with Gasteiger partial charge < -0.3 is 24.6 Å². The molecule has 1 aliphatic heterocycles. The average molecular weight is 570 g/mol. The highest BCUT2D eigenvalue weighted by Crippen LogP contribution is 2.30. The van der Waals surface area contributed by atoms with Crippen molar-refractivity contribution in [2.75, 3.05) is 18.5 Å². The number of hydrogen-bond donors (Lipinski definition) is 2. The first-order valence-electron chi connectivity index (χ1n) is 13.7. The Morgan fingerprint density at radius 2 is 1.88 bits per heavy atom. The highest BCUT2D eigenvalue weighted by Gasteiger charge is 2.32. The first-order valence-corrected chi connectivity index (χ1v) is 14.1. The van der Waals surface area contributed by atoms with E-state index in [2.05, 4.69) is 5.32 Å². The number of rotatable bonds is 8. The minimum Gasteiger partial charge on any atom is -0.481 e. The van der Waals surface area contributed by atoms with Crippen LogP contribution in [0.15, 0.2) is 42.6 Å². The summed E-state index contributed by atoms with van der Waals surface area (Å²) in [5, 5.41) is 12.8. The summed E-state index contributed by atoms with van der Waals surface area (Å²) < 4.78 is 23.0. The third kappa shape index (κ3) is 6.00. The average Bonchev–Trinajstić information content (AvgIpc) is 3.55. The molecule has 1 atom stereocenters. The van der Waals surface area contributed by atoms with Crippen LogP contribution in [0.25, 0.3) is 10.9 Å². The normalized spacial score (nSPS) is 21.1. The zero-order valence-electron chi connectivity index (χ0n) is 22.4. The number of carboxylic acids is 1. The second kappa shape index (κ2) is 12.0. The van der Waals surface area contributed by atoms with Crippen LogP contribution >= 0.6 is 11.6 Å². The van der Waals surface area contributed by atoms with E-state index in [1.807, 2.05) is 35.9 Å². The zero-order valence-corrected chi connectivity index (χ0v) is 23.1. The van der Waals surface area contributed by atoms with Crippen molar-refractivity contribution in [2.45, 2.75) is 57.1 Å². The van der Waals surface area contributed by atoms with Crippen molar-refractivity contribution >= 4 is 46.0 Å². The Hall–Kier alpha value is -3.43. The molecule has 1 unspecified atom stereocenters. The Kier molecular flexibility index (Phi) is 8.42. The fourth-order valence-corrected chi connectivity index (χ4v) is 6.09. The zero-order chi connectivity index (χ0) is 28.4. The van der Waals surface area contributed by atoms with Crippen LogP contribution in [-0.4, -0.2) is 57.7 Å². The van der Waals surface area contributed by atoms with Gasteiger partial charge in [-0.05, 0) is 62.3 Å². The minimum atomic E-state index is -0.751. The first-order chi connectivity index (χ1) is 19.2. The van der Waals surface area contributed by atoms with E-state index in [4.69, 9.17) is 16.3 Å². The molecule has 2 heterocycles. The molecule has 10 heteroatoms. The molecule has 5 rings (SSSR count). The van der Waals surface area contributed by atoms with Gasteiger partial charge in [0.05, 0.1) is 47.4 Å². The van der Waals surface area contributed by atoms with E-state index in [0.29, 0.717) is 44.4 Å². The monoisotopic (exact) mass is 569 g/mol. The molecule has 3 aromatic rings. The number of hydrogen-bond acceptors (Lipinski definition) is 4. The van der Waals surface area contributed by atoms with E-state index in [1.54, 1.807) is 11.1 Å². The minimum absolute atomic E-state index is 0.000956. The number of carboxylic acid groups (broad SMARTS) is 1. The predicted octanol–water partition coefficient (Wildman–Crippen LogP) is 5.42. The largest absolute Gasteiger partial charge is 0.481 e. The Labute approximate surface area is 237 Å². The van der Waals surface area contributed by atoms with E-state index < -0.39 is 17.7 Å². The van der Waals surface area contributed by atoms with Gasteiger partial charge in [-0.2, -0.15) is 0 Å². The topological polar surface area (TPSA) is 101 Å². The number of nitrogens with zero attached hydrogens (tertiary/aromatic N) is 2. The van der Waals surface area contributed by atoms with E-state index in [1.165, 1.54) is 6.07 Å². The molecular weight excluding hydrogens is 537 g/mol. The summed E-state index contributed by atoms with van der Waals surface area (Å²) in [4.78, 5) is 39.1. The van der Waals surface area contributed by atoms with Gasteiger partial charge in [0.1, 0.15) is 5.82 Å². The summed E-state index contributed by atoms with van der Waals surface area (Å²) in [5.74, 6) is -2.28. The van der Waals surface area contributed by atoms with Gasteiger partial charge in [-0.1, -0.05) is 29.8 Å². The van der Waals surface area contributed by atoms with Crippen LogP contribution in [0.3, 0.4) is 0 Å². The molecule has 1 aromatic heterocycles. The Morgan fingerprint density at radius 1 is 1.12 bits per heavy atom. The molecule has 212 valence electrons. The van der Waals surface area contributed by atoms with Crippen molar-refractivity contribution in [2.24, 2.45) is 13.0 Å². The van der Waals surface area contributed by atoms with Gasteiger partial charge in [-0.25, -0.2) is 4.39 Å². The smallest absolute Gasteiger partial charge is 0.306 e. The summed E-state index contributed by atoms with van der Waals surface area (Å²) in [5.41, 5.74) is 1.65. The lowest BCUT2D eigenvalue weighted by Crippen LogP contribution is -2.40. The number of nitrogens with one attached hydrogen (secondary N) is 1. The molecule has 2 fully saturated rings. The lowest BCUT2D eigenvalue weighted by Gasteiger charge is -2.30. The highest BCUT2D eigenvalue weighted by atomic mass is 35.5. The second-order valence-corrected chi connectivity index (χ2v) is 11.2. The Balaban J connectivity index is 1.20. The number of benzene rings is 2. The van der Waals surface area contributed by atoms with Gasteiger partial charge in [-0.3, -0.25) is 14.4 Å². The number of carbonyl (C=O) groups is 3. The molecular formula is C30H33ClFN3O5. The number of para-hydroxylation sites is 1. The number of likely N-dealkylation sites (tertiary alicyclic amines) is 1. The molecule has 40 heavy (non-hydrogen) atoms. The second-order valence-electron chi connectivity index (χ2n) is 10.8. The molecule has 0 spiro atoms. The Bertz CT molecular complexity index is 1430. The van der Waals surface area contributed by atoms with Crippen LogP contribution in [0, 0.1) is 11.7 Å². The molecule has 1 saturated heterocycles. The van der Waals surface area contributed by atoms with Crippen molar-refractivity contribution in [1.29, 1.82) is 0 Å². The number of carbonyl (C=O) groups excluding carboxylic acids is 2. The number of amides is 2. The van der Waals surface area contributed by atoms with Crippen molar-refractivity contribution in [3.63, 3.8) is 0 Å². The van der Waals surface area contributed by atoms with Crippen LogP contribution in [0.4, 0.5) is 10.1 Å². The number of aromatic nitrogens is 1. The maximum atomic E-state index is 15.1. The van der Waals surface area contributed by atoms with E-state index in [-0.39, 0.29) is 46.7 Å². The lowest BCUT2D eigenvalue weighted by molar-refractivity contribution is -0.144. The van der Waals surface area contributed by atoms with E-state index >= 15 is 4.39 Å². The molecule has 0 bridgehead atoms. The predicted molar refractivity (Wildman–Crippen MR) is 150 cm³/mol. The molecule has 2 aliphatic rings. The number of anilines is 1. The van der Waals surface area contributed by atoms with Gasteiger partial charge in [0.15, 0.2) is 0 Å². The quantitative estimate of drug-likeness (QED) is 0.377. The molecule has 8 nitrogen and oxygen atoms in total. The fraction of sp³-hybridized carbons (Fsp3) is 0.433. The summed E-state index contributed by atoms with van der Waals surface area (Å²) in [6.45, 7) is 0.962. The van der Waals surface area contributed by atoms with Gasteiger partial charge in [0, 0.05) is 30.7 Å². The number of aryl methyl sites for hydroxylation is 1. The standard InChI is InChI=1S/C30H33ClFN3O5/c1-34-16-23(22-6-2-3-7-27(22)34)29(37)33-26-15-25(32)19(13-24(26)31)14-28(36)35-12-4-5-20(35)17-40-21-10-8-18(9-11-21)30(38)39/h2-3,6-7,13,15-16,18,20-21H,4-5,8-12,14,17H2,1H3,(H,33,37)(H,38,39)/t18-,20?,21-. The molecule has 0 radical (unpaired) electrons.